The van der Waals surface area contributed by atoms with E-state index in [-0.39, 0.29) is 5.41 Å². The van der Waals surface area contributed by atoms with Gasteiger partial charge in [0.2, 0.25) is 0 Å². The highest BCUT2D eigenvalue weighted by Gasteiger charge is 2.46. The zero-order valence-electron chi connectivity index (χ0n) is 39.0. The summed E-state index contributed by atoms with van der Waals surface area (Å²) in [7, 11) is 0. The Kier molecular flexibility index (Phi) is 8.88. The van der Waals surface area contributed by atoms with Crippen LogP contribution in [0.3, 0.4) is 0 Å². The second-order valence-corrected chi connectivity index (χ2v) is 19.5. The minimum absolute atomic E-state index is 0.137. The van der Waals surface area contributed by atoms with Gasteiger partial charge in [-0.1, -0.05) is 226 Å². The Bertz CT molecular complexity index is 3990. The van der Waals surface area contributed by atoms with Crippen molar-refractivity contribution < 1.29 is 4.42 Å². The summed E-state index contributed by atoms with van der Waals surface area (Å²) < 4.78 is 7.04. The van der Waals surface area contributed by atoms with Crippen molar-refractivity contribution in [1.82, 2.24) is 0 Å². The molecule has 70 heavy (non-hydrogen) atoms. The fourth-order valence-corrected chi connectivity index (χ4v) is 12.5. The van der Waals surface area contributed by atoms with E-state index in [4.69, 9.17) is 4.42 Å². The molecule has 12 aromatic rings. The van der Waals surface area contributed by atoms with Crippen molar-refractivity contribution >= 4 is 49.8 Å². The van der Waals surface area contributed by atoms with Crippen LogP contribution in [0.2, 0.25) is 0 Å². The molecule has 1 aromatic heterocycles. The Morgan fingerprint density at radius 1 is 0.343 bits per heavy atom. The molecule has 2 heteroatoms. The van der Waals surface area contributed by atoms with Crippen molar-refractivity contribution in [2.75, 3.05) is 4.90 Å². The summed E-state index contributed by atoms with van der Waals surface area (Å²) in [5.41, 5.74) is 21.9. The van der Waals surface area contributed by atoms with Gasteiger partial charge in [-0.05, 0) is 109 Å². The number of para-hydroxylation sites is 2. The molecule has 0 fully saturated rings. The van der Waals surface area contributed by atoms with Crippen molar-refractivity contribution in [2.45, 2.75) is 24.7 Å². The van der Waals surface area contributed by atoms with Gasteiger partial charge in [0.15, 0.2) is 0 Å². The van der Waals surface area contributed by atoms with Crippen molar-refractivity contribution in [3.8, 4) is 44.5 Å². The second-order valence-electron chi connectivity index (χ2n) is 19.5. The number of hydrogen-bond acceptors (Lipinski definition) is 2. The van der Waals surface area contributed by atoms with E-state index in [9.17, 15) is 0 Å². The standard InChI is InChI=1S/C68H47NO/c1-67(2)60-32-14-11-26-53(60)56-29-17-28-50(64(56)67)45-35-38-48(39-36-45)69(63-34-16-13-27-55(63)57-30-18-31-58-59-41-37-44-19-9-10-24-51(44)65(59)70-66(57)58)49-40-42-54-52-25-12-15-33-61(52)68(62(54)43-49,46-20-5-3-6-21-46)47-22-7-4-8-23-47/h3-43H,1-2H3. The molecule has 0 saturated carbocycles. The molecule has 1 heterocycles. The zero-order valence-corrected chi connectivity index (χ0v) is 39.0. The maximum absolute atomic E-state index is 7.04. The molecule has 2 aliphatic carbocycles. The van der Waals surface area contributed by atoms with Gasteiger partial charge in [0.1, 0.15) is 11.2 Å². The summed E-state index contributed by atoms with van der Waals surface area (Å²) in [6.45, 7) is 4.74. The minimum Gasteiger partial charge on any atom is -0.455 e. The molecule has 14 rings (SSSR count). The molecule has 11 aromatic carbocycles. The highest BCUT2D eigenvalue weighted by molar-refractivity contribution is 6.17. The van der Waals surface area contributed by atoms with Crippen LogP contribution >= 0.6 is 0 Å². The van der Waals surface area contributed by atoms with Gasteiger partial charge in [-0.2, -0.15) is 0 Å². The van der Waals surface area contributed by atoms with Crippen LogP contribution in [0.25, 0.3) is 77.2 Å². The molecule has 0 atom stereocenters. The third-order valence-corrected chi connectivity index (χ3v) is 15.5. The van der Waals surface area contributed by atoms with Crippen LogP contribution < -0.4 is 4.90 Å². The largest absolute Gasteiger partial charge is 0.455 e. The monoisotopic (exact) mass is 893 g/mol. The molecular weight excluding hydrogens is 847 g/mol. The molecule has 0 bridgehead atoms. The molecule has 330 valence electrons. The summed E-state index contributed by atoms with van der Waals surface area (Å²) in [6, 6.07) is 91.7. The molecular formula is C68H47NO. The number of benzene rings is 11. The molecule has 0 amide bonds. The Hall–Kier alpha value is -8.72. The number of furan rings is 1. The van der Waals surface area contributed by atoms with Crippen molar-refractivity contribution in [3.63, 3.8) is 0 Å². The van der Waals surface area contributed by atoms with Gasteiger partial charge in [0.25, 0.3) is 0 Å². The lowest BCUT2D eigenvalue weighted by molar-refractivity contribution is 0.662. The fraction of sp³-hybridized carbons (Fsp3) is 0.0588. The summed E-state index contributed by atoms with van der Waals surface area (Å²) in [5.74, 6) is 0. The Morgan fingerprint density at radius 2 is 0.886 bits per heavy atom. The van der Waals surface area contributed by atoms with Crippen molar-refractivity contribution in [2.24, 2.45) is 0 Å². The highest BCUT2D eigenvalue weighted by atomic mass is 16.3. The molecule has 2 nitrogen and oxygen atoms in total. The Balaban J connectivity index is 1.00. The lowest BCUT2D eigenvalue weighted by atomic mass is 9.67. The topological polar surface area (TPSA) is 16.4 Å². The maximum Gasteiger partial charge on any atom is 0.143 e. The number of fused-ring (bicyclic) bond motifs is 11. The van der Waals surface area contributed by atoms with E-state index in [0.717, 1.165) is 55.5 Å². The van der Waals surface area contributed by atoms with Gasteiger partial charge in [-0.15, -0.1) is 0 Å². The predicted octanol–water partition coefficient (Wildman–Crippen LogP) is 18.2. The highest BCUT2D eigenvalue weighted by Crippen LogP contribution is 2.58. The number of rotatable bonds is 7. The van der Waals surface area contributed by atoms with Crippen LogP contribution in [-0.4, -0.2) is 0 Å². The first-order chi connectivity index (χ1) is 34.5. The van der Waals surface area contributed by atoms with Crippen LogP contribution in [0.5, 0.6) is 0 Å². The van der Waals surface area contributed by atoms with E-state index in [1.807, 2.05) is 0 Å². The minimum atomic E-state index is -0.555. The fourth-order valence-electron chi connectivity index (χ4n) is 12.5. The van der Waals surface area contributed by atoms with E-state index >= 15 is 0 Å². The first kappa shape index (κ1) is 40.4. The third kappa shape index (κ3) is 5.74. The van der Waals surface area contributed by atoms with Gasteiger partial charge in [0, 0.05) is 44.1 Å². The lowest BCUT2D eigenvalue weighted by Crippen LogP contribution is -2.28. The van der Waals surface area contributed by atoms with Crippen LogP contribution in [0.1, 0.15) is 47.2 Å². The van der Waals surface area contributed by atoms with Gasteiger partial charge >= 0.3 is 0 Å². The molecule has 2 aliphatic rings. The van der Waals surface area contributed by atoms with E-state index in [1.165, 1.54) is 72.1 Å². The number of anilines is 3. The van der Waals surface area contributed by atoms with Crippen molar-refractivity contribution in [1.29, 1.82) is 0 Å². The zero-order chi connectivity index (χ0) is 46.6. The molecule has 0 aliphatic heterocycles. The van der Waals surface area contributed by atoms with E-state index in [0.29, 0.717) is 0 Å². The third-order valence-electron chi connectivity index (χ3n) is 15.5. The molecule has 0 radical (unpaired) electrons. The molecule has 0 saturated heterocycles. The van der Waals surface area contributed by atoms with Crippen molar-refractivity contribution in [3.05, 3.63) is 282 Å². The van der Waals surface area contributed by atoms with E-state index < -0.39 is 5.41 Å². The van der Waals surface area contributed by atoms with Gasteiger partial charge in [-0.3, -0.25) is 0 Å². The molecule has 0 spiro atoms. The summed E-state index contributed by atoms with van der Waals surface area (Å²) in [4.78, 5) is 2.47. The van der Waals surface area contributed by atoms with Crippen LogP contribution in [0.15, 0.2) is 253 Å². The summed E-state index contributed by atoms with van der Waals surface area (Å²) in [5, 5.41) is 4.51. The second kappa shape index (κ2) is 15.4. The predicted molar refractivity (Wildman–Crippen MR) is 292 cm³/mol. The first-order valence-electron chi connectivity index (χ1n) is 24.4. The van der Waals surface area contributed by atoms with E-state index in [1.54, 1.807) is 0 Å². The summed E-state index contributed by atoms with van der Waals surface area (Å²) in [6.07, 6.45) is 0. The average molecular weight is 894 g/mol. The smallest absolute Gasteiger partial charge is 0.143 e. The Labute approximate surface area is 408 Å². The normalized spacial score (nSPS) is 13.8. The lowest BCUT2D eigenvalue weighted by Gasteiger charge is -2.35. The van der Waals surface area contributed by atoms with Gasteiger partial charge < -0.3 is 9.32 Å². The van der Waals surface area contributed by atoms with Crippen LogP contribution in [-0.2, 0) is 10.8 Å². The van der Waals surface area contributed by atoms with Gasteiger partial charge in [0.05, 0.1) is 11.1 Å². The average Bonchev–Trinajstić information content (AvgIpc) is 4.04. The van der Waals surface area contributed by atoms with Crippen LogP contribution in [0, 0.1) is 0 Å². The number of hydrogen-bond donors (Lipinski definition) is 0. The molecule has 0 unspecified atom stereocenters. The Morgan fingerprint density at radius 3 is 1.66 bits per heavy atom. The van der Waals surface area contributed by atoms with Crippen LogP contribution in [0.4, 0.5) is 17.1 Å². The first-order valence-corrected chi connectivity index (χ1v) is 24.4. The maximum atomic E-state index is 7.04. The van der Waals surface area contributed by atoms with Gasteiger partial charge in [-0.25, -0.2) is 0 Å². The summed E-state index contributed by atoms with van der Waals surface area (Å²) >= 11 is 0. The molecule has 0 N–H and O–H groups in total. The number of nitrogens with zero attached hydrogens (tertiary/aromatic N) is 1. The quantitative estimate of drug-likeness (QED) is 0.158. The SMILES string of the molecule is CC1(C)c2ccccc2-c2cccc(-c3ccc(N(c4ccc5c(c4)C(c4ccccc4)(c4ccccc4)c4ccccc4-5)c4ccccc4-c4cccc5c4oc4c6ccccc6ccc54)cc3)c21. The van der Waals surface area contributed by atoms with E-state index in [2.05, 4.69) is 267 Å².